The number of hydrogen-bond acceptors (Lipinski definition) is 5. The van der Waals surface area contributed by atoms with Gasteiger partial charge in [0.05, 0.1) is 11.4 Å². The van der Waals surface area contributed by atoms with Crippen LogP contribution in [-0.4, -0.2) is 31.3 Å². The molecule has 5 rings (SSSR count). The number of anilines is 1. The lowest BCUT2D eigenvalue weighted by molar-refractivity contribution is 0.710. The number of pyridine rings is 1. The molecule has 0 unspecified atom stereocenters. The van der Waals surface area contributed by atoms with Gasteiger partial charge < -0.3 is 4.90 Å². The highest BCUT2D eigenvalue weighted by atomic mass is 15.4. The highest BCUT2D eigenvalue weighted by Gasteiger charge is 2.21. The molecular formula is C19H16N6. The largest absolute Gasteiger partial charge is 0.364 e. The van der Waals surface area contributed by atoms with Gasteiger partial charge in [-0.2, -0.15) is 9.61 Å². The van der Waals surface area contributed by atoms with Crippen molar-refractivity contribution in [3.8, 4) is 11.3 Å². The van der Waals surface area contributed by atoms with Crippen LogP contribution >= 0.6 is 0 Å². The molecule has 0 saturated heterocycles. The molecule has 122 valence electrons. The zero-order valence-corrected chi connectivity index (χ0v) is 13.6. The van der Waals surface area contributed by atoms with Crippen LogP contribution in [0.15, 0.2) is 61.1 Å². The van der Waals surface area contributed by atoms with Gasteiger partial charge in [0.15, 0.2) is 0 Å². The molecule has 4 heterocycles. The standard InChI is InChI=1S/C19H16N6/c1-2-5-14(6-3-1)17-11-18(19-22-21-13-25(19)23-17)24-10-8-16-15(12-24)7-4-9-20-16/h1-7,9,11,13H,8,10,12H2. The Morgan fingerprint density at radius 2 is 1.92 bits per heavy atom. The van der Waals surface area contributed by atoms with Crippen molar-refractivity contribution in [1.82, 2.24) is 24.8 Å². The van der Waals surface area contributed by atoms with Gasteiger partial charge in [-0.1, -0.05) is 36.4 Å². The fourth-order valence-electron chi connectivity index (χ4n) is 3.36. The molecule has 0 atom stereocenters. The SMILES string of the molecule is c1ccc(-c2cc(N3CCc4ncccc4C3)c3nncn3n2)cc1. The first kappa shape index (κ1) is 14.1. The summed E-state index contributed by atoms with van der Waals surface area (Å²) in [5.74, 6) is 0. The van der Waals surface area contributed by atoms with Crippen molar-refractivity contribution in [2.24, 2.45) is 0 Å². The highest BCUT2D eigenvalue weighted by molar-refractivity contribution is 5.74. The van der Waals surface area contributed by atoms with E-state index in [9.17, 15) is 0 Å². The molecule has 4 aromatic rings. The van der Waals surface area contributed by atoms with E-state index in [0.29, 0.717) is 0 Å². The van der Waals surface area contributed by atoms with Gasteiger partial charge in [0.1, 0.15) is 6.33 Å². The predicted octanol–water partition coefficient (Wildman–Crippen LogP) is 2.75. The molecular weight excluding hydrogens is 312 g/mol. The summed E-state index contributed by atoms with van der Waals surface area (Å²) in [6.45, 7) is 1.73. The van der Waals surface area contributed by atoms with Crippen LogP contribution in [0.1, 0.15) is 11.3 Å². The predicted molar refractivity (Wildman–Crippen MR) is 95.2 cm³/mol. The van der Waals surface area contributed by atoms with Gasteiger partial charge in [0.2, 0.25) is 5.65 Å². The molecule has 0 N–H and O–H groups in total. The van der Waals surface area contributed by atoms with E-state index >= 15 is 0 Å². The van der Waals surface area contributed by atoms with E-state index in [4.69, 9.17) is 0 Å². The van der Waals surface area contributed by atoms with Gasteiger partial charge in [-0.3, -0.25) is 4.98 Å². The molecule has 0 aliphatic carbocycles. The summed E-state index contributed by atoms with van der Waals surface area (Å²) in [6, 6.07) is 16.4. The summed E-state index contributed by atoms with van der Waals surface area (Å²) in [5, 5.41) is 13.0. The first-order valence-electron chi connectivity index (χ1n) is 8.33. The second-order valence-corrected chi connectivity index (χ2v) is 6.16. The number of rotatable bonds is 2. The molecule has 0 bridgehead atoms. The van der Waals surface area contributed by atoms with Crippen LogP contribution in [0.5, 0.6) is 0 Å². The summed E-state index contributed by atoms with van der Waals surface area (Å²) < 4.78 is 1.76. The maximum atomic E-state index is 4.66. The Labute approximate surface area is 144 Å². The summed E-state index contributed by atoms with van der Waals surface area (Å²) in [7, 11) is 0. The minimum Gasteiger partial charge on any atom is -0.364 e. The van der Waals surface area contributed by atoms with E-state index in [0.717, 1.165) is 42.1 Å². The van der Waals surface area contributed by atoms with Crippen LogP contribution in [0.2, 0.25) is 0 Å². The molecule has 0 fully saturated rings. The third-order valence-electron chi connectivity index (χ3n) is 4.62. The third kappa shape index (κ3) is 2.42. The smallest absolute Gasteiger partial charge is 0.200 e. The average molecular weight is 328 g/mol. The lowest BCUT2D eigenvalue weighted by Gasteiger charge is -2.30. The number of nitrogens with zero attached hydrogens (tertiary/aromatic N) is 6. The first-order chi connectivity index (χ1) is 12.4. The second kappa shape index (κ2) is 5.66. The molecule has 1 aromatic carbocycles. The number of fused-ring (bicyclic) bond motifs is 2. The van der Waals surface area contributed by atoms with Gasteiger partial charge in [0.25, 0.3) is 0 Å². The zero-order valence-electron chi connectivity index (χ0n) is 13.6. The lowest BCUT2D eigenvalue weighted by atomic mass is 10.0. The fourth-order valence-corrected chi connectivity index (χ4v) is 3.36. The van der Waals surface area contributed by atoms with Crippen LogP contribution < -0.4 is 4.90 Å². The summed E-state index contributed by atoms with van der Waals surface area (Å²) in [5.41, 5.74) is 6.30. The molecule has 1 aliphatic rings. The molecule has 0 amide bonds. The average Bonchev–Trinajstić information content (AvgIpc) is 3.16. The lowest BCUT2D eigenvalue weighted by Crippen LogP contribution is -2.31. The van der Waals surface area contributed by atoms with Crippen molar-refractivity contribution >= 4 is 11.3 Å². The van der Waals surface area contributed by atoms with Crippen molar-refractivity contribution in [3.05, 3.63) is 72.3 Å². The minimum absolute atomic E-state index is 0.784. The Kier molecular flexibility index (Phi) is 3.19. The molecule has 0 radical (unpaired) electrons. The maximum absolute atomic E-state index is 4.66. The van der Waals surface area contributed by atoms with Crippen LogP contribution in [0.3, 0.4) is 0 Å². The van der Waals surface area contributed by atoms with Crippen molar-refractivity contribution in [3.63, 3.8) is 0 Å². The molecule has 6 nitrogen and oxygen atoms in total. The Morgan fingerprint density at radius 3 is 2.84 bits per heavy atom. The summed E-state index contributed by atoms with van der Waals surface area (Å²) >= 11 is 0. The number of benzene rings is 1. The topological polar surface area (TPSA) is 59.2 Å². The molecule has 6 heteroatoms. The highest BCUT2D eigenvalue weighted by Crippen LogP contribution is 2.29. The van der Waals surface area contributed by atoms with Crippen molar-refractivity contribution in [2.75, 3.05) is 11.4 Å². The van der Waals surface area contributed by atoms with E-state index in [-0.39, 0.29) is 0 Å². The molecule has 25 heavy (non-hydrogen) atoms. The van der Waals surface area contributed by atoms with Crippen molar-refractivity contribution < 1.29 is 0 Å². The van der Waals surface area contributed by atoms with Gasteiger partial charge >= 0.3 is 0 Å². The van der Waals surface area contributed by atoms with Gasteiger partial charge in [0, 0.05) is 37.0 Å². The maximum Gasteiger partial charge on any atom is 0.200 e. The van der Waals surface area contributed by atoms with E-state index in [2.05, 4.69) is 49.4 Å². The fraction of sp³-hybridized carbons (Fsp3) is 0.158. The Morgan fingerprint density at radius 1 is 1.00 bits per heavy atom. The zero-order chi connectivity index (χ0) is 16.6. The normalized spacial score (nSPS) is 13.8. The molecule has 0 spiro atoms. The molecule has 1 aliphatic heterocycles. The Balaban J connectivity index is 1.62. The minimum atomic E-state index is 0.784. The van der Waals surface area contributed by atoms with Crippen molar-refractivity contribution in [1.29, 1.82) is 0 Å². The molecule has 0 saturated carbocycles. The third-order valence-corrected chi connectivity index (χ3v) is 4.62. The summed E-state index contributed by atoms with van der Waals surface area (Å²) in [6.07, 6.45) is 4.45. The van der Waals surface area contributed by atoms with E-state index in [1.807, 2.05) is 30.5 Å². The van der Waals surface area contributed by atoms with Crippen LogP contribution in [0.4, 0.5) is 5.69 Å². The Bertz CT molecular complexity index is 1040. The monoisotopic (exact) mass is 328 g/mol. The number of hydrogen-bond donors (Lipinski definition) is 0. The van der Waals surface area contributed by atoms with Gasteiger partial charge in [-0.15, -0.1) is 10.2 Å². The quantitative estimate of drug-likeness (QED) is 0.566. The van der Waals surface area contributed by atoms with E-state index < -0.39 is 0 Å². The second-order valence-electron chi connectivity index (χ2n) is 6.16. The van der Waals surface area contributed by atoms with Gasteiger partial charge in [-0.05, 0) is 17.7 Å². The first-order valence-corrected chi connectivity index (χ1v) is 8.33. The Hall–Kier alpha value is -3.28. The van der Waals surface area contributed by atoms with E-state index in [1.165, 1.54) is 11.3 Å². The van der Waals surface area contributed by atoms with Crippen LogP contribution in [0.25, 0.3) is 16.9 Å². The molecule has 3 aromatic heterocycles. The number of aromatic nitrogens is 5. The van der Waals surface area contributed by atoms with Gasteiger partial charge in [-0.25, -0.2) is 0 Å². The van der Waals surface area contributed by atoms with E-state index in [1.54, 1.807) is 10.8 Å². The summed E-state index contributed by atoms with van der Waals surface area (Å²) in [4.78, 5) is 6.83. The van der Waals surface area contributed by atoms with Crippen molar-refractivity contribution in [2.45, 2.75) is 13.0 Å². The van der Waals surface area contributed by atoms with Crippen LogP contribution in [0, 0.1) is 0 Å². The van der Waals surface area contributed by atoms with Crippen LogP contribution in [-0.2, 0) is 13.0 Å².